The van der Waals surface area contributed by atoms with Crippen molar-refractivity contribution in [2.24, 2.45) is 0 Å². The predicted molar refractivity (Wildman–Crippen MR) is 79.7 cm³/mol. The molecule has 108 valence electrons. The molecule has 2 rings (SSSR count). The highest BCUT2D eigenvalue weighted by Crippen LogP contribution is 2.20. The molecule has 0 aliphatic carbocycles. The van der Waals surface area contributed by atoms with Gasteiger partial charge in [-0.05, 0) is 30.7 Å². The summed E-state index contributed by atoms with van der Waals surface area (Å²) in [5, 5.41) is 2.99. The molecule has 1 N–H and O–H groups in total. The Morgan fingerprint density at radius 1 is 1.29 bits per heavy atom. The van der Waals surface area contributed by atoms with Gasteiger partial charge < -0.3 is 10.1 Å². The molecule has 1 aromatic carbocycles. The summed E-state index contributed by atoms with van der Waals surface area (Å²) in [5.74, 6) is -0.833. The first-order valence-electron chi connectivity index (χ1n) is 6.12. The number of benzene rings is 1. The van der Waals surface area contributed by atoms with E-state index in [1.165, 1.54) is 25.6 Å². The number of halogens is 1. The number of esters is 1. The lowest BCUT2D eigenvalue weighted by molar-refractivity contribution is 0.0600. The van der Waals surface area contributed by atoms with Crippen molar-refractivity contribution < 1.29 is 14.3 Å². The smallest absolute Gasteiger partial charge is 0.337 e. The molecule has 6 heteroatoms. The van der Waals surface area contributed by atoms with Gasteiger partial charge in [0, 0.05) is 18.1 Å². The van der Waals surface area contributed by atoms with Crippen molar-refractivity contribution >= 4 is 29.2 Å². The minimum Gasteiger partial charge on any atom is -0.465 e. The summed E-state index contributed by atoms with van der Waals surface area (Å²) in [5.41, 5.74) is 2.02. The van der Waals surface area contributed by atoms with Crippen molar-refractivity contribution in [1.29, 1.82) is 0 Å². The van der Waals surface area contributed by atoms with Crippen LogP contribution in [0, 0.1) is 6.92 Å². The number of rotatable bonds is 3. The van der Waals surface area contributed by atoms with Crippen LogP contribution in [0.5, 0.6) is 0 Å². The molecule has 0 saturated carbocycles. The third-order valence-electron chi connectivity index (χ3n) is 2.92. The van der Waals surface area contributed by atoms with E-state index in [9.17, 15) is 9.59 Å². The number of nitrogens with zero attached hydrogens (tertiary/aromatic N) is 1. The van der Waals surface area contributed by atoms with E-state index in [0.717, 1.165) is 5.56 Å². The minimum absolute atomic E-state index is 0.261. The van der Waals surface area contributed by atoms with E-state index in [2.05, 4.69) is 15.0 Å². The van der Waals surface area contributed by atoms with Crippen molar-refractivity contribution in [2.75, 3.05) is 12.4 Å². The van der Waals surface area contributed by atoms with Crippen LogP contribution in [0.4, 0.5) is 5.69 Å². The maximum absolute atomic E-state index is 12.2. The molecule has 1 heterocycles. The summed E-state index contributed by atoms with van der Waals surface area (Å²) < 4.78 is 4.66. The average Bonchev–Trinajstić information content (AvgIpc) is 2.49. The number of ether oxygens (including phenoxy) is 1. The summed E-state index contributed by atoms with van der Waals surface area (Å²) in [6.07, 6.45) is 2.88. The first-order chi connectivity index (χ1) is 10.0. The Hall–Kier alpha value is -2.40. The number of pyridine rings is 1. The first-order valence-corrected chi connectivity index (χ1v) is 6.50. The van der Waals surface area contributed by atoms with E-state index in [1.54, 1.807) is 18.2 Å². The molecule has 21 heavy (non-hydrogen) atoms. The molecule has 2 aromatic rings. The zero-order valence-corrected chi connectivity index (χ0v) is 12.3. The van der Waals surface area contributed by atoms with Crippen LogP contribution < -0.4 is 5.32 Å². The van der Waals surface area contributed by atoms with Crippen molar-refractivity contribution in [3.63, 3.8) is 0 Å². The largest absolute Gasteiger partial charge is 0.465 e. The lowest BCUT2D eigenvalue weighted by Gasteiger charge is -2.10. The van der Waals surface area contributed by atoms with Gasteiger partial charge >= 0.3 is 5.97 Å². The second-order valence-electron chi connectivity index (χ2n) is 4.33. The number of aromatic nitrogens is 1. The van der Waals surface area contributed by atoms with Gasteiger partial charge in [0.2, 0.25) is 0 Å². The van der Waals surface area contributed by atoms with Gasteiger partial charge in [-0.2, -0.15) is 0 Å². The number of carbonyl (C=O) groups is 2. The Morgan fingerprint density at radius 2 is 2.05 bits per heavy atom. The van der Waals surface area contributed by atoms with E-state index in [4.69, 9.17) is 11.6 Å². The monoisotopic (exact) mass is 304 g/mol. The van der Waals surface area contributed by atoms with Gasteiger partial charge in [-0.25, -0.2) is 4.79 Å². The molecule has 5 nitrogen and oxygen atoms in total. The standard InChI is InChI=1S/C15H13ClN2O3/c1-9-3-4-10(15(20)21-2)7-13(9)18-14(19)11-5-6-17-8-12(11)16/h3-8H,1-2H3,(H,18,19). The number of nitrogens with one attached hydrogen (secondary N) is 1. The quantitative estimate of drug-likeness (QED) is 0.885. The van der Waals surface area contributed by atoms with Gasteiger partial charge in [0.1, 0.15) is 0 Å². The van der Waals surface area contributed by atoms with Gasteiger partial charge in [-0.1, -0.05) is 17.7 Å². The number of carbonyl (C=O) groups excluding carboxylic acids is 2. The fourth-order valence-corrected chi connectivity index (χ4v) is 1.96. The molecule has 0 radical (unpaired) electrons. The molecule has 0 fully saturated rings. The van der Waals surface area contributed by atoms with Crippen LogP contribution in [-0.4, -0.2) is 24.0 Å². The molecule has 0 aliphatic heterocycles. The fraction of sp³-hybridized carbons (Fsp3) is 0.133. The second-order valence-corrected chi connectivity index (χ2v) is 4.74. The Bertz CT molecular complexity index is 701. The molecule has 0 aliphatic rings. The molecule has 1 amide bonds. The van der Waals surface area contributed by atoms with Crippen LogP contribution in [0.2, 0.25) is 5.02 Å². The van der Waals surface area contributed by atoms with Crippen LogP contribution in [0.1, 0.15) is 26.3 Å². The summed E-state index contributed by atoms with van der Waals surface area (Å²) in [6.45, 7) is 1.82. The van der Waals surface area contributed by atoms with Crippen LogP contribution in [0.15, 0.2) is 36.7 Å². The second kappa shape index (κ2) is 6.37. The van der Waals surface area contributed by atoms with Gasteiger partial charge in [0.25, 0.3) is 5.91 Å². The number of methoxy groups -OCH3 is 1. The maximum atomic E-state index is 12.2. The van der Waals surface area contributed by atoms with Gasteiger partial charge in [0.15, 0.2) is 0 Å². The summed E-state index contributed by atoms with van der Waals surface area (Å²) in [4.78, 5) is 27.5. The molecule has 0 atom stereocenters. The van der Waals surface area contributed by atoms with Crippen molar-refractivity contribution in [2.45, 2.75) is 6.92 Å². The Balaban J connectivity index is 2.29. The van der Waals surface area contributed by atoms with Crippen LogP contribution >= 0.6 is 11.6 Å². The number of amides is 1. The van der Waals surface area contributed by atoms with Gasteiger partial charge in [0.05, 0.1) is 23.3 Å². The van der Waals surface area contributed by atoms with Crippen LogP contribution in [0.3, 0.4) is 0 Å². The predicted octanol–water partition coefficient (Wildman–Crippen LogP) is 3.08. The third kappa shape index (κ3) is 3.38. The third-order valence-corrected chi connectivity index (χ3v) is 3.23. The number of hydrogen-bond donors (Lipinski definition) is 1. The van der Waals surface area contributed by atoms with Gasteiger partial charge in [-0.3, -0.25) is 9.78 Å². The maximum Gasteiger partial charge on any atom is 0.337 e. The summed E-state index contributed by atoms with van der Waals surface area (Å²) >= 11 is 5.93. The van der Waals surface area contributed by atoms with E-state index < -0.39 is 5.97 Å². The van der Waals surface area contributed by atoms with Gasteiger partial charge in [-0.15, -0.1) is 0 Å². The van der Waals surface area contributed by atoms with E-state index in [1.807, 2.05) is 6.92 Å². The molecule has 0 saturated heterocycles. The van der Waals surface area contributed by atoms with Crippen molar-refractivity contribution in [1.82, 2.24) is 4.98 Å². The number of hydrogen-bond acceptors (Lipinski definition) is 4. The van der Waals surface area contributed by atoms with Crippen molar-refractivity contribution in [3.8, 4) is 0 Å². The van der Waals surface area contributed by atoms with E-state index in [0.29, 0.717) is 16.8 Å². The highest BCUT2D eigenvalue weighted by atomic mass is 35.5. The lowest BCUT2D eigenvalue weighted by atomic mass is 10.1. The topological polar surface area (TPSA) is 68.3 Å². The molecule has 0 unspecified atom stereocenters. The minimum atomic E-state index is -0.465. The SMILES string of the molecule is COC(=O)c1ccc(C)c(NC(=O)c2ccncc2Cl)c1. The van der Waals surface area contributed by atoms with Crippen LogP contribution in [-0.2, 0) is 4.74 Å². The molecule has 0 bridgehead atoms. The molecular formula is C15H13ClN2O3. The first kappa shape index (κ1) is 15.0. The normalized spacial score (nSPS) is 10.0. The Kier molecular flexibility index (Phi) is 4.55. The molecule has 0 spiro atoms. The average molecular weight is 305 g/mol. The number of aryl methyl sites for hydroxylation is 1. The Labute approximate surface area is 126 Å². The number of anilines is 1. The molecular weight excluding hydrogens is 292 g/mol. The molecule has 1 aromatic heterocycles. The van der Waals surface area contributed by atoms with E-state index >= 15 is 0 Å². The van der Waals surface area contributed by atoms with Crippen molar-refractivity contribution in [3.05, 3.63) is 58.4 Å². The van der Waals surface area contributed by atoms with E-state index in [-0.39, 0.29) is 10.9 Å². The van der Waals surface area contributed by atoms with Crippen LogP contribution in [0.25, 0.3) is 0 Å². The zero-order chi connectivity index (χ0) is 15.4. The zero-order valence-electron chi connectivity index (χ0n) is 11.5. The highest BCUT2D eigenvalue weighted by molar-refractivity contribution is 6.34. The lowest BCUT2D eigenvalue weighted by Crippen LogP contribution is -2.14. The summed E-state index contributed by atoms with van der Waals surface area (Å²) in [6, 6.07) is 6.46. The summed E-state index contributed by atoms with van der Waals surface area (Å²) in [7, 11) is 1.30. The highest BCUT2D eigenvalue weighted by Gasteiger charge is 2.13. The Morgan fingerprint density at radius 3 is 2.71 bits per heavy atom. The fourth-order valence-electron chi connectivity index (χ4n) is 1.75.